The van der Waals surface area contributed by atoms with Gasteiger partial charge in [-0.1, -0.05) is 0 Å². The van der Waals surface area contributed by atoms with E-state index >= 15 is 0 Å². The van der Waals surface area contributed by atoms with Crippen LogP contribution < -0.4 is 10.6 Å². The predicted octanol–water partition coefficient (Wildman–Crippen LogP) is 0.401. The van der Waals surface area contributed by atoms with Gasteiger partial charge in [0.25, 0.3) is 5.91 Å². The van der Waals surface area contributed by atoms with Crippen LogP contribution in [0.3, 0.4) is 0 Å². The molecule has 0 aromatic carbocycles. The first-order valence-corrected chi connectivity index (χ1v) is 9.30. The van der Waals surface area contributed by atoms with Crippen molar-refractivity contribution in [3.8, 4) is 0 Å². The molecule has 126 valence electrons. The van der Waals surface area contributed by atoms with Gasteiger partial charge in [0, 0.05) is 31.0 Å². The van der Waals surface area contributed by atoms with Gasteiger partial charge < -0.3 is 10.6 Å². The number of anilines is 1. The van der Waals surface area contributed by atoms with Crippen LogP contribution in [0, 0.1) is 0 Å². The molecule has 8 nitrogen and oxygen atoms in total. The van der Waals surface area contributed by atoms with Gasteiger partial charge in [0.15, 0.2) is 9.84 Å². The van der Waals surface area contributed by atoms with Crippen molar-refractivity contribution in [2.24, 2.45) is 0 Å². The quantitative estimate of drug-likeness (QED) is 0.804. The number of hydrogen-bond donors (Lipinski definition) is 2. The molecule has 1 aliphatic rings. The third kappa shape index (κ3) is 4.25. The number of rotatable bonds is 5. The molecule has 2 N–H and O–H groups in total. The highest BCUT2D eigenvalue weighted by molar-refractivity contribution is 7.91. The van der Waals surface area contributed by atoms with E-state index in [0.717, 1.165) is 5.56 Å². The summed E-state index contributed by atoms with van der Waals surface area (Å²) in [5, 5.41) is 5.82. The second-order valence-corrected chi connectivity index (χ2v) is 7.80. The summed E-state index contributed by atoms with van der Waals surface area (Å²) < 4.78 is 22.9. The summed E-state index contributed by atoms with van der Waals surface area (Å²) in [7, 11) is -3.04. The van der Waals surface area contributed by atoms with Gasteiger partial charge in [0.05, 0.1) is 11.5 Å². The molecule has 3 heterocycles. The minimum atomic E-state index is -3.04. The molecule has 0 radical (unpaired) electrons. The predicted molar refractivity (Wildman–Crippen MR) is 88.1 cm³/mol. The SMILES string of the molecule is O=C(NC1CCS(=O)(=O)C1)c1cc(NCc2ccncc2)ncn1. The maximum absolute atomic E-state index is 12.2. The van der Waals surface area contributed by atoms with Gasteiger partial charge >= 0.3 is 0 Å². The lowest BCUT2D eigenvalue weighted by molar-refractivity contribution is 0.0936. The minimum Gasteiger partial charge on any atom is -0.366 e. The Morgan fingerprint density at radius 2 is 2.04 bits per heavy atom. The number of sulfone groups is 1. The Hall–Kier alpha value is -2.55. The summed E-state index contributed by atoms with van der Waals surface area (Å²) in [5.74, 6) is 0.217. The van der Waals surface area contributed by atoms with Gasteiger partial charge in [0.1, 0.15) is 17.8 Å². The Morgan fingerprint density at radius 1 is 1.25 bits per heavy atom. The van der Waals surface area contributed by atoms with E-state index in [1.54, 1.807) is 18.5 Å². The molecule has 1 atom stereocenters. The molecule has 9 heteroatoms. The average molecular weight is 347 g/mol. The van der Waals surface area contributed by atoms with E-state index in [1.807, 2.05) is 12.1 Å². The first kappa shape index (κ1) is 16.3. The van der Waals surface area contributed by atoms with E-state index in [9.17, 15) is 13.2 Å². The maximum atomic E-state index is 12.2. The number of hydrogen-bond acceptors (Lipinski definition) is 7. The van der Waals surface area contributed by atoms with E-state index in [1.165, 1.54) is 6.33 Å². The molecule has 1 amide bonds. The van der Waals surface area contributed by atoms with Gasteiger partial charge in [0.2, 0.25) is 0 Å². The molecular weight excluding hydrogens is 330 g/mol. The zero-order valence-corrected chi connectivity index (χ0v) is 13.7. The van der Waals surface area contributed by atoms with Crippen LogP contribution in [0.5, 0.6) is 0 Å². The van der Waals surface area contributed by atoms with Crippen molar-refractivity contribution in [3.05, 3.63) is 48.2 Å². The second kappa shape index (κ2) is 6.91. The van der Waals surface area contributed by atoms with Gasteiger partial charge in [-0.25, -0.2) is 18.4 Å². The van der Waals surface area contributed by atoms with E-state index in [-0.39, 0.29) is 23.2 Å². The summed E-state index contributed by atoms with van der Waals surface area (Å²) in [4.78, 5) is 24.2. The van der Waals surface area contributed by atoms with E-state index < -0.39 is 15.7 Å². The molecule has 2 aromatic rings. The second-order valence-electron chi connectivity index (χ2n) is 5.57. The Bertz CT molecular complexity index is 826. The summed E-state index contributed by atoms with van der Waals surface area (Å²) in [5.41, 5.74) is 1.23. The Morgan fingerprint density at radius 3 is 2.75 bits per heavy atom. The number of nitrogens with one attached hydrogen (secondary N) is 2. The van der Waals surface area contributed by atoms with Crippen molar-refractivity contribution in [1.29, 1.82) is 0 Å². The van der Waals surface area contributed by atoms with Crippen molar-refractivity contribution < 1.29 is 13.2 Å². The van der Waals surface area contributed by atoms with Gasteiger partial charge in [-0.3, -0.25) is 9.78 Å². The zero-order valence-electron chi connectivity index (χ0n) is 12.8. The molecular formula is C15H17N5O3S. The largest absolute Gasteiger partial charge is 0.366 e. The van der Waals surface area contributed by atoms with Crippen LogP contribution in [0.1, 0.15) is 22.5 Å². The highest BCUT2D eigenvalue weighted by Crippen LogP contribution is 2.12. The van der Waals surface area contributed by atoms with Crippen molar-refractivity contribution in [2.45, 2.75) is 19.0 Å². The summed E-state index contributed by atoms with van der Waals surface area (Å²) in [6.07, 6.45) is 5.14. The lowest BCUT2D eigenvalue weighted by Gasteiger charge is -2.11. The molecule has 1 unspecified atom stereocenters. The molecule has 0 saturated carbocycles. The fourth-order valence-electron chi connectivity index (χ4n) is 2.44. The lowest BCUT2D eigenvalue weighted by Crippen LogP contribution is -2.36. The van der Waals surface area contributed by atoms with Crippen LogP contribution >= 0.6 is 0 Å². The van der Waals surface area contributed by atoms with E-state index in [2.05, 4.69) is 25.6 Å². The van der Waals surface area contributed by atoms with E-state index in [0.29, 0.717) is 18.8 Å². The van der Waals surface area contributed by atoms with Crippen molar-refractivity contribution >= 4 is 21.6 Å². The number of nitrogens with zero attached hydrogens (tertiary/aromatic N) is 3. The first-order valence-electron chi connectivity index (χ1n) is 7.48. The molecule has 1 fully saturated rings. The third-order valence-electron chi connectivity index (χ3n) is 3.69. The van der Waals surface area contributed by atoms with Crippen molar-refractivity contribution in [3.63, 3.8) is 0 Å². The first-order chi connectivity index (χ1) is 11.5. The highest BCUT2D eigenvalue weighted by atomic mass is 32.2. The summed E-state index contributed by atoms with van der Waals surface area (Å²) >= 11 is 0. The standard InChI is InChI=1S/C15H17N5O3S/c21-15(20-12-3-6-24(22,23)9-12)13-7-14(19-10-18-13)17-8-11-1-4-16-5-2-11/h1-2,4-5,7,10,12H,3,6,8-9H2,(H,20,21)(H,17,18,19). The third-order valence-corrected chi connectivity index (χ3v) is 5.46. The maximum Gasteiger partial charge on any atom is 0.270 e. The molecule has 3 rings (SSSR count). The van der Waals surface area contributed by atoms with Crippen LogP contribution in [-0.2, 0) is 16.4 Å². The van der Waals surface area contributed by atoms with Crippen molar-refractivity contribution in [2.75, 3.05) is 16.8 Å². The molecule has 1 aliphatic heterocycles. The number of amides is 1. The normalized spacial score (nSPS) is 18.9. The molecule has 0 aliphatic carbocycles. The topological polar surface area (TPSA) is 114 Å². The number of aromatic nitrogens is 3. The molecule has 0 bridgehead atoms. The fraction of sp³-hybridized carbons (Fsp3) is 0.333. The van der Waals surface area contributed by atoms with Crippen LogP contribution in [-0.4, -0.2) is 46.8 Å². The molecule has 24 heavy (non-hydrogen) atoms. The van der Waals surface area contributed by atoms with Gasteiger partial charge in [-0.05, 0) is 24.1 Å². The lowest BCUT2D eigenvalue weighted by atomic mass is 10.2. The smallest absolute Gasteiger partial charge is 0.270 e. The Labute approximate surface area is 139 Å². The summed E-state index contributed by atoms with van der Waals surface area (Å²) in [6.45, 7) is 0.543. The Balaban J connectivity index is 1.61. The summed E-state index contributed by atoms with van der Waals surface area (Å²) in [6, 6.07) is 4.94. The molecule has 0 spiro atoms. The highest BCUT2D eigenvalue weighted by Gasteiger charge is 2.29. The number of carbonyl (C=O) groups is 1. The monoisotopic (exact) mass is 347 g/mol. The zero-order chi connectivity index (χ0) is 17.0. The van der Waals surface area contributed by atoms with Crippen LogP contribution in [0.15, 0.2) is 36.9 Å². The van der Waals surface area contributed by atoms with Gasteiger partial charge in [-0.15, -0.1) is 0 Å². The van der Waals surface area contributed by atoms with E-state index in [4.69, 9.17) is 0 Å². The van der Waals surface area contributed by atoms with Crippen LogP contribution in [0.4, 0.5) is 5.82 Å². The van der Waals surface area contributed by atoms with Gasteiger partial charge in [-0.2, -0.15) is 0 Å². The minimum absolute atomic E-state index is 0.0169. The number of carbonyl (C=O) groups excluding carboxylic acids is 1. The number of pyridine rings is 1. The van der Waals surface area contributed by atoms with Crippen LogP contribution in [0.2, 0.25) is 0 Å². The van der Waals surface area contributed by atoms with Crippen molar-refractivity contribution in [1.82, 2.24) is 20.3 Å². The fourth-order valence-corrected chi connectivity index (χ4v) is 4.11. The Kier molecular flexibility index (Phi) is 4.70. The molecule has 1 saturated heterocycles. The molecule has 2 aromatic heterocycles. The average Bonchev–Trinajstić information content (AvgIpc) is 2.93. The van der Waals surface area contributed by atoms with Crippen LogP contribution in [0.25, 0.3) is 0 Å².